The van der Waals surface area contributed by atoms with Crippen molar-refractivity contribution in [2.24, 2.45) is 11.6 Å². The van der Waals surface area contributed by atoms with Crippen molar-refractivity contribution in [2.75, 3.05) is 18.9 Å². The van der Waals surface area contributed by atoms with E-state index in [1.807, 2.05) is 6.92 Å². The van der Waals surface area contributed by atoms with Crippen molar-refractivity contribution in [3.63, 3.8) is 0 Å². The van der Waals surface area contributed by atoms with E-state index < -0.39 is 17.6 Å². The van der Waals surface area contributed by atoms with Crippen LogP contribution in [-0.4, -0.2) is 58.0 Å². The lowest BCUT2D eigenvalue weighted by molar-refractivity contribution is -0.275. The van der Waals surface area contributed by atoms with E-state index in [1.54, 1.807) is 17.6 Å². The molecule has 32 heavy (non-hydrogen) atoms. The lowest BCUT2D eigenvalue weighted by Gasteiger charge is -2.53. The Morgan fingerprint density at radius 2 is 2.38 bits per heavy atom. The zero-order valence-corrected chi connectivity index (χ0v) is 19.4. The van der Waals surface area contributed by atoms with Gasteiger partial charge in [-0.05, 0) is 13.0 Å². The average Bonchev–Trinajstić information content (AvgIpc) is 3.18. The quantitative estimate of drug-likeness (QED) is 0.379. The number of fused-ring (bicyclic) bond motifs is 1. The van der Waals surface area contributed by atoms with E-state index >= 15 is 0 Å². The molecule has 2 aromatic rings. The summed E-state index contributed by atoms with van der Waals surface area (Å²) in [7, 11) is 0. The summed E-state index contributed by atoms with van der Waals surface area (Å²) in [5.74, 6) is 6.45. The molecule has 4 heterocycles. The van der Waals surface area contributed by atoms with Crippen LogP contribution in [0.3, 0.4) is 0 Å². The molecule has 0 bridgehead atoms. The first-order valence-electron chi connectivity index (χ1n) is 9.74. The summed E-state index contributed by atoms with van der Waals surface area (Å²) in [4.78, 5) is 8.89. The van der Waals surface area contributed by atoms with Crippen LogP contribution in [0.4, 0.5) is 5.13 Å². The number of hydrogen-bond acceptors (Lipinski definition) is 12. The molecular formula is C19H22ClN7O3S2. The van der Waals surface area contributed by atoms with E-state index in [2.05, 4.69) is 16.0 Å². The third-order valence-corrected chi connectivity index (χ3v) is 7.10. The highest BCUT2D eigenvalue weighted by Gasteiger charge is 2.54. The van der Waals surface area contributed by atoms with Gasteiger partial charge in [0.25, 0.3) is 0 Å². The van der Waals surface area contributed by atoms with E-state index in [4.69, 9.17) is 43.1 Å². The molecule has 2 aliphatic rings. The van der Waals surface area contributed by atoms with Crippen molar-refractivity contribution in [1.82, 2.24) is 15.0 Å². The van der Waals surface area contributed by atoms with Crippen LogP contribution in [-0.2, 0) is 14.2 Å². The van der Waals surface area contributed by atoms with Gasteiger partial charge in [-0.2, -0.15) is 5.26 Å². The van der Waals surface area contributed by atoms with Crippen LogP contribution in [0.25, 0.3) is 5.70 Å². The van der Waals surface area contributed by atoms with Gasteiger partial charge in [-0.15, -0.1) is 11.3 Å². The molecular weight excluding hydrogens is 474 g/mol. The molecule has 13 heteroatoms. The van der Waals surface area contributed by atoms with Gasteiger partial charge in [-0.3, -0.25) is 0 Å². The molecule has 0 aromatic carbocycles. The number of nitrogens with two attached hydrogens (primary N) is 3. The molecule has 5 atom stereocenters. The molecule has 0 radical (unpaired) electrons. The summed E-state index contributed by atoms with van der Waals surface area (Å²) in [6.45, 7) is 2.75. The van der Waals surface area contributed by atoms with Gasteiger partial charge < -0.3 is 30.7 Å². The third kappa shape index (κ3) is 4.65. The van der Waals surface area contributed by atoms with Gasteiger partial charge in [0.15, 0.2) is 10.8 Å². The molecule has 2 aliphatic heterocycles. The van der Waals surface area contributed by atoms with Crippen molar-refractivity contribution in [1.29, 1.82) is 5.26 Å². The van der Waals surface area contributed by atoms with Crippen LogP contribution in [0.15, 0.2) is 28.7 Å². The lowest BCUT2D eigenvalue weighted by Crippen LogP contribution is -2.70. The van der Waals surface area contributed by atoms with E-state index in [0.29, 0.717) is 39.7 Å². The van der Waals surface area contributed by atoms with Crippen LogP contribution in [0.5, 0.6) is 0 Å². The molecule has 0 aliphatic carbocycles. The molecule has 2 fully saturated rings. The summed E-state index contributed by atoms with van der Waals surface area (Å²) in [5.41, 5.74) is 12.6. The minimum Gasteiger partial charge on any atom is -0.396 e. The smallest absolute Gasteiger partial charge is 0.180 e. The van der Waals surface area contributed by atoms with Gasteiger partial charge in [-0.25, -0.2) is 15.8 Å². The molecule has 5 unspecified atom stereocenters. The molecule has 0 amide bonds. The van der Waals surface area contributed by atoms with Gasteiger partial charge in [0.2, 0.25) is 0 Å². The highest BCUT2D eigenvalue weighted by atomic mass is 35.5. The molecule has 0 saturated carbocycles. The second-order valence-electron chi connectivity index (χ2n) is 7.08. The highest BCUT2D eigenvalue weighted by molar-refractivity contribution is 7.99. The van der Waals surface area contributed by atoms with Crippen molar-refractivity contribution in [3.05, 3.63) is 40.3 Å². The number of rotatable bonds is 7. The van der Waals surface area contributed by atoms with Crippen LogP contribution < -0.4 is 17.3 Å². The fourth-order valence-electron chi connectivity index (χ4n) is 3.58. The highest BCUT2D eigenvalue weighted by Crippen LogP contribution is 2.41. The number of aromatic nitrogens is 2. The first-order chi connectivity index (χ1) is 15.4. The van der Waals surface area contributed by atoms with Crippen LogP contribution in [0, 0.1) is 11.3 Å². The standard InChI is InChI=1S/C19H22ClN7O3S2/c1-2-28-17-15(27(24)6-10(22)12-8-31-19(23)26-12)16-13(7-29-16)30-18(17)32-14-3-9(20)5-25-11(14)4-21/h3,5-6,8,13,15-18H,2,7,22,24H2,1H3,(H2,23,26)/b10-6-. The zero-order valence-electron chi connectivity index (χ0n) is 17.1. The van der Waals surface area contributed by atoms with Gasteiger partial charge >= 0.3 is 0 Å². The van der Waals surface area contributed by atoms with Crippen molar-refractivity contribution in [2.45, 2.75) is 41.6 Å². The molecule has 4 rings (SSSR count). The minimum atomic E-state index is -0.494. The Morgan fingerprint density at radius 1 is 1.56 bits per heavy atom. The Hall–Kier alpha value is -2.11. The van der Waals surface area contributed by atoms with E-state index in [0.717, 1.165) is 0 Å². The number of hydrazine groups is 1. The summed E-state index contributed by atoms with van der Waals surface area (Å²) in [6.07, 6.45) is 2.06. The fraction of sp³-hybridized carbons (Fsp3) is 0.421. The van der Waals surface area contributed by atoms with Gasteiger partial charge in [0.05, 0.1) is 17.3 Å². The summed E-state index contributed by atoms with van der Waals surface area (Å²) in [5, 5.41) is 13.5. The van der Waals surface area contributed by atoms with Gasteiger partial charge in [0.1, 0.15) is 41.6 Å². The normalized spacial score (nSPS) is 27.3. The summed E-state index contributed by atoms with van der Waals surface area (Å²) in [6, 6.07) is 3.38. The van der Waals surface area contributed by atoms with Crippen LogP contribution >= 0.6 is 34.7 Å². The lowest BCUT2D eigenvalue weighted by atomic mass is 9.93. The predicted molar refractivity (Wildman–Crippen MR) is 122 cm³/mol. The number of thioether (sulfide) groups is 1. The molecule has 10 nitrogen and oxygen atoms in total. The van der Waals surface area contributed by atoms with Crippen molar-refractivity contribution in [3.8, 4) is 6.07 Å². The third-order valence-electron chi connectivity index (χ3n) is 5.05. The maximum Gasteiger partial charge on any atom is 0.180 e. The second kappa shape index (κ2) is 9.80. The Balaban J connectivity index is 1.62. The number of halogens is 1. The Bertz CT molecular complexity index is 1050. The molecule has 0 spiro atoms. The zero-order chi connectivity index (χ0) is 22.8. The maximum atomic E-state index is 9.44. The van der Waals surface area contributed by atoms with Gasteiger partial charge in [-0.1, -0.05) is 23.4 Å². The largest absolute Gasteiger partial charge is 0.396 e. The van der Waals surface area contributed by atoms with E-state index in [1.165, 1.54) is 34.3 Å². The predicted octanol–water partition coefficient (Wildman–Crippen LogP) is 1.77. The van der Waals surface area contributed by atoms with Crippen LogP contribution in [0.1, 0.15) is 18.3 Å². The number of thiazole rings is 1. The van der Waals surface area contributed by atoms with Crippen molar-refractivity contribution < 1.29 is 14.2 Å². The number of nitriles is 1. The molecule has 2 saturated heterocycles. The maximum absolute atomic E-state index is 9.44. The van der Waals surface area contributed by atoms with Crippen molar-refractivity contribution >= 4 is 45.5 Å². The number of anilines is 1. The number of ether oxygens (including phenoxy) is 3. The second-order valence-corrected chi connectivity index (χ2v) is 9.55. The van der Waals surface area contributed by atoms with Gasteiger partial charge in [0, 0.05) is 29.3 Å². The number of pyridine rings is 1. The van der Waals surface area contributed by atoms with E-state index in [9.17, 15) is 5.26 Å². The number of hydrogen-bond donors (Lipinski definition) is 3. The van der Waals surface area contributed by atoms with Crippen LogP contribution in [0.2, 0.25) is 5.02 Å². The minimum absolute atomic E-state index is 0.178. The Labute approximate surface area is 198 Å². The number of nitrogens with zero attached hydrogens (tertiary/aromatic N) is 4. The first-order valence-corrected chi connectivity index (χ1v) is 11.9. The SMILES string of the molecule is CCOC1C(Sc2cc(Cl)cnc2C#N)OC2COC2C1N(N)/C=C(\N)c1csc(N)n1. The molecule has 170 valence electrons. The fourth-order valence-corrected chi connectivity index (χ4v) is 5.60. The summed E-state index contributed by atoms with van der Waals surface area (Å²) < 4.78 is 18.1. The molecule has 2 aromatic heterocycles. The van der Waals surface area contributed by atoms with E-state index in [-0.39, 0.29) is 17.9 Å². The topological polar surface area (TPSA) is 159 Å². The monoisotopic (exact) mass is 495 g/mol. The first kappa shape index (κ1) is 23.1. The Morgan fingerprint density at radius 3 is 3.00 bits per heavy atom. The Kier molecular flexibility index (Phi) is 7.06. The average molecular weight is 496 g/mol. The molecule has 6 N–H and O–H groups in total. The number of nitrogen functional groups attached to an aromatic ring is 1. The summed E-state index contributed by atoms with van der Waals surface area (Å²) >= 11 is 8.72.